The molecule has 0 bridgehead atoms. The maximum absolute atomic E-state index is 11.5. The van der Waals surface area contributed by atoms with Crippen LogP contribution in [0.25, 0.3) is 0 Å². The SMILES string of the molecule is CCN(CCO)C(C(=O)O)c1cccc(OC(C)C)c1. The molecule has 1 unspecified atom stereocenters. The van der Waals surface area contributed by atoms with Gasteiger partial charge >= 0.3 is 5.97 Å². The van der Waals surface area contributed by atoms with Crippen molar-refractivity contribution in [3.63, 3.8) is 0 Å². The second-order valence-corrected chi connectivity index (χ2v) is 4.83. The van der Waals surface area contributed by atoms with Crippen molar-refractivity contribution >= 4 is 5.97 Å². The Hall–Kier alpha value is -1.59. The number of carboxylic acid groups (broad SMARTS) is 1. The summed E-state index contributed by atoms with van der Waals surface area (Å²) in [6, 6.07) is 6.34. The molecule has 20 heavy (non-hydrogen) atoms. The van der Waals surface area contributed by atoms with E-state index in [0.717, 1.165) is 0 Å². The Morgan fingerprint density at radius 2 is 2.10 bits per heavy atom. The largest absolute Gasteiger partial charge is 0.491 e. The van der Waals surface area contributed by atoms with Crippen molar-refractivity contribution in [3.8, 4) is 5.75 Å². The summed E-state index contributed by atoms with van der Waals surface area (Å²) < 4.78 is 5.60. The van der Waals surface area contributed by atoms with E-state index in [2.05, 4.69) is 0 Å². The van der Waals surface area contributed by atoms with Crippen LogP contribution in [0.15, 0.2) is 24.3 Å². The molecule has 0 amide bonds. The van der Waals surface area contributed by atoms with E-state index in [-0.39, 0.29) is 12.7 Å². The number of carboxylic acids is 1. The van der Waals surface area contributed by atoms with Crippen LogP contribution in [0.4, 0.5) is 0 Å². The zero-order valence-electron chi connectivity index (χ0n) is 12.2. The molecule has 0 aliphatic rings. The first-order chi connectivity index (χ1) is 9.49. The lowest BCUT2D eigenvalue weighted by Crippen LogP contribution is -2.36. The van der Waals surface area contributed by atoms with Gasteiger partial charge in [-0.15, -0.1) is 0 Å². The van der Waals surface area contributed by atoms with Gasteiger partial charge in [0.05, 0.1) is 12.7 Å². The fraction of sp³-hybridized carbons (Fsp3) is 0.533. The fourth-order valence-electron chi connectivity index (χ4n) is 2.14. The van der Waals surface area contributed by atoms with Gasteiger partial charge in [-0.25, -0.2) is 0 Å². The summed E-state index contributed by atoms with van der Waals surface area (Å²) in [5.41, 5.74) is 0.658. The normalized spacial score (nSPS) is 12.7. The third-order valence-corrected chi connectivity index (χ3v) is 2.94. The molecule has 0 fully saturated rings. The van der Waals surface area contributed by atoms with Crippen LogP contribution in [0.5, 0.6) is 5.75 Å². The molecule has 1 atom stereocenters. The minimum atomic E-state index is -0.929. The van der Waals surface area contributed by atoms with Crippen molar-refractivity contribution in [2.45, 2.75) is 32.9 Å². The van der Waals surface area contributed by atoms with Gasteiger partial charge in [-0.2, -0.15) is 0 Å². The van der Waals surface area contributed by atoms with Crippen LogP contribution < -0.4 is 4.74 Å². The summed E-state index contributed by atoms with van der Waals surface area (Å²) in [4.78, 5) is 13.3. The molecule has 0 saturated heterocycles. The molecule has 0 saturated carbocycles. The van der Waals surface area contributed by atoms with Crippen molar-refractivity contribution in [1.29, 1.82) is 0 Å². The Balaban J connectivity index is 3.05. The molecule has 5 nitrogen and oxygen atoms in total. The Kier molecular flexibility index (Phi) is 6.48. The third-order valence-electron chi connectivity index (χ3n) is 2.94. The van der Waals surface area contributed by atoms with Gasteiger partial charge in [0.2, 0.25) is 0 Å². The van der Waals surface area contributed by atoms with Crippen LogP contribution in [0, 0.1) is 0 Å². The quantitative estimate of drug-likeness (QED) is 0.761. The van der Waals surface area contributed by atoms with Crippen molar-refractivity contribution in [1.82, 2.24) is 4.90 Å². The Bertz CT molecular complexity index is 434. The molecule has 0 spiro atoms. The van der Waals surface area contributed by atoms with Gasteiger partial charge in [-0.1, -0.05) is 19.1 Å². The molecule has 1 aromatic carbocycles. The molecule has 2 N–H and O–H groups in total. The lowest BCUT2D eigenvalue weighted by Gasteiger charge is -2.27. The number of aliphatic hydroxyl groups excluding tert-OH is 1. The second-order valence-electron chi connectivity index (χ2n) is 4.83. The van der Waals surface area contributed by atoms with E-state index in [1.165, 1.54) is 0 Å². The lowest BCUT2D eigenvalue weighted by atomic mass is 10.0. The Morgan fingerprint density at radius 3 is 2.60 bits per heavy atom. The summed E-state index contributed by atoms with van der Waals surface area (Å²) in [5.74, 6) is -0.272. The second kappa shape index (κ2) is 7.87. The standard InChI is InChI=1S/C15H23NO4/c1-4-16(8-9-17)14(15(18)19)12-6-5-7-13(10-12)20-11(2)3/h5-7,10-11,14,17H,4,8-9H2,1-3H3,(H,18,19). The van der Waals surface area contributed by atoms with Crippen molar-refractivity contribution in [2.24, 2.45) is 0 Å². The van der Waals surface area contributed by atoms with Crippen LogP contribution in [0.2, 0.25) is 0 Å². The summed E-state index contributed by atoms with van der Waals surface area (Å²) in [7, 11) is 0. The average Bonchev–Trinajstić information content (AvgIpc) is 2.37. The predicted molar refractivity (Wildman–Crippen MR) is 76.9 cm³/mol. The van der Waals surface area contributed by atoms with Crippen molar-refractivity contribution in [2.75, 3.05) is 19.7 Å². The highest BCUT2D eigenvalue weighted by atomic mass is 16.5. The van der Waals surface area contributed by atoms with E-state index in [1.54, 1.807) is 23.1 Å². The molecule has 0 heterocycles. The maximum atomic E-state index is 11.5. The number of ether oxygens (including phenoxy) is 1. The monoisotopic (exact) mass is 281 g/mol. The molecule has 0 aliphatic carbocycles. The third kappa shape index (κ3) is 4.51. The van der Waals surface area contributed by atoms with E-state index in [4.69, 9.17) is 9.84 Å². The minimum absolute atomic E-state index is 0.0354. The smallest absolute Gasteiger partial charge is 0.325 e. The fourth-order valence-corrected chi connectivity index (χ4v) is 2.14. The number of rotatable bonds is 8. The average molecular weight is 281 g/mol. The number of aliphatic carboxylic acids is 1. The number of hydrogen-bond donors (Lipinski definition) is 2. The molecule has 0 aliphatic heterocycles. The van der Waals surface area contributed by atoms with Crippen LogP contribution >= 0.6 is 0 Å². The number of likely N-dealkylation sites (N-methyl/N-ethyl adjacent to an activating group) is 1. The Labute approximate surface area is 119 Å². The molecule has 0 aromatic heterocycles. The minimum Gasteiger partial charge on any atom is -0.491 e. The Morgan fingerprint density at radius 1 is 1.40 bits per heavy atom. The van der Waals surface area contributed by atoms with Crippen LogP contribution in [0.1, 0.15) is 32.4 Å². The van der Waals surface area contributed by atoms with E-state index in [1.807, 2.05) is 26.8 Å². The highest BCUT2D eigenvalue weighted by molar-refractivity contribution is 5.75. The van der Waals surface area contributed by atoms with Gasteiger partial charge in [-0.05, 0) is 38.1 Å². The molecular weight excluding hydrogens is 258 g/mol. The zero-order valence-corrected chi connectivity index (χ0v) is 12.2. The summed E-state index contributed by atoms with van der Waals surface area (Å²) >= 11 is 0. The molecule has 1 rings (SSSR count). The maximum Gasteiger partial charge on any atom is 0.325 e. The molecule has 1 aromatic rings. The summed E-state index contributed by atoms with van der Waals surface area (Å²) in [6.07, 6.45) is 0.0354. The van der Waals surface area contributed by atoms with E-state index in [0.29, 0.717) is 24.4 Å². The van der Waals surface area contributed by atoms with Gasteiger partial charge in [0, 0.05) is 6.54 Å². The number of carbonyl (C=O) groups is 1. The number of benzene rings is 1. The first-order valence-electron chi connectivity index (χ1n) is 6.83. The highest BCUT2D eigenvalue weighted by Crippen LogP contribution is 2.25. The molecule has 112 valence electrons. The van der Waals surface area contributed by atoms with Gasteiger partial charge in [-0.3, -0.25) is 9.69 Å². The molecule has 0 radical (unpaired) electrons. The summed E-state index contributed by atoms with van der Waals surface area (Å²) in [6.45, 7) is 6.52. The van der Waals surface area contributed by atoms with Gasteiger partial charge in [0.25, 0.3) is 0 Å². The number of nitrogens with zero attached hydrogens (tertiary/aromatic N) is 1. The van der Waals surface area contributed by atoms with Crippen molar-refractivity contribution in [3.05, 3.63) is 29.8 Å². The van der Waals surface area contributed by atoms with Crippen LogP contribution in [0.3, 0.4) is 0 Å². The molecule has 5 heteroatoms. The molecular formula is C15H23NO4. The van der Waals surface area contributed by atoms with E-state index >= 15 is 0 Å². The van der Waals surface area contributed by atoms with E-state index in [9.17, 15) is 9.90 Å². The first kappa shape index (κ1) is 16.5. The van der Waals surface area contributed by atoms with Gasteiger partial charge in [0.15, 0.2) is 0 Å². The highest BCUT2D eigenvalue weighted by Gasteiger charge is 2.26. The predicted octanol–water partition coefficient (Wildman–Crippen LogP) is 1.91. The van der Waals surface area contributed by atoms with Crippen LogP contribution in [-0.4, -0.2) is 46.9 Å². The summed E-state index contributed by atoms with van der Waals surface area (Å²) in [5, 5.41) is 18.5. The zero-order chi connectivity index (χ0) is 15.1. The van der Waals surface area contributed by atoms with Crippen LogP contribution in [-0.2, 0) is 4.79 Å². The van der Waals surface area contributed by atoms with Gasteiger partial charge < -0.3 is 14.9 Å². The number of aliphatic hydroxyl groups is 1. The van der Waals surface area contributed by atoms with Gasteiger partial charge in [0.1, 0.15) is 11.8 Å². The number of hydrogen-bond acceptors (Lipinski definition) is 4. The van der Waals surface area contributed by atoms with Crippen molar-refractivity contribution < 1.29 is 19.7 Å². The van der Waals surface area contributed by atoms with E-state index < -0.39 is 12.0 Å². The lowest BCUT2D eigenvalue weighted by molar-refractivity contribution is -0.143. The topological polar surface area (TPSA) is 70.0 Å². The first-order valence-corrected chi connectivity index (χ1v) is 6.83.